The Morgan fingerprint density at radius 1 is 1.37 bits per heavy atom. The lowest BCUT2D eigenvalue weighted by atomic mass is 10.3. The van der Waals surface area contributed by atoms with Crippen molar-refractivity contribution in [2.75, 3.05) is 5.43 Å². The van der Waals surface area contributed by atoms with Crippen LogP contribution in [0.5, 0.6) is 5.75 Å². The van der Waals surface area contributed by atoms with Crippen LogP contribution in [0.3, 0.4) is 0 Å². The third kappa shape index (κ3) is 3.17. The fraction of sp³-hybridized carbons (Fsp3) is 0.0833. The number of aromatic nitrogens is 1. The first-order valence-electron chi connectivity index (χ1n) is 5.48. The van der Waals surface area contributed by atoms with Gasteiger partial charge in [0.05, 0.1) is 16.3 Å². The summed E-state index contributed by atoms with van der Waals surface area (Å²) in [6.45, 7) is 0.125. The molecule has 0 amide bonds. The van der Waals surface area contributed by atoms with Crippen LogP contribution in [-0.2, 0) is 6.61 Å². The predicted molar refractivity (Wildman–Crippen MR) is 69.5 cm³/mol. The van der Waals surface area contributed by atoms with Crippen LogP contribution in [0.4, 0.5) is 11.4 Å². The second-order valence-corrected chi connectivity index (χ2v) is 3.69. The van der Waals surface area contributed by atoms with Crippen molar-refractivity contribution in [3.63, 3.8) is 0 Å². The van der Waals surface area contributed by atoms with Gasteiger partial charge in [-0.3, -0.25) is 20.9 Å². The van der Waals surface area contributed by atoms with Crippen molar-refractivity contribution in [2.45, 2.75) is 6.61 Å². The Morgan fingerprint density at radius 3 is 2.89 bits per heavy atom. The molecule has 1 heterocycles. The molecule has 0 aliphatic heterocycles. The maximum Gasteiger partial charge on any atom is 0.310 e. The molecule has 2 aromatic rings. The number of pyridine rings is 1. The molecule has 0 unspecified atom stereocenters. The quantitative estimate of drug-likeness (QED) is 0.483. The third-order valence-corrected chi connectivity index (χ3v) is 2.42. The van der Waals surface area contributed by atoms with Crippen LogP contribution in [0.1, 0.15) is 5.69 Å². The zero-order chi connectivity index (χ0) is 13.7. The van der Waals surface area contributed by atoms with Crippen molar-refractivity contribution < 1.29 is 9.66 Å². The Hall–Kier alpha value is -2.67. The number of para-hydroxylation sites is 2. The minimum absolute atomic E-state index is 0.0735. The summed E-state index contributed by atoms with van der Waals surface area (Å²) in [6.07, 6.45) is 1.58. The average Bonchev–Trinajstić information content (AvgIpc) is 2.45. The maximum absolute atomic E-state index is 10.8. The van der Waals surface area contributed by atoms with Gasteiger partial charge in [0.1, 0.15) is 6.61 Å². The number of nitro groups is 1. The SMILES string of the molecule is NNc1ccnc(COc2ccccc2[N+](=O)[O-])c1. The van der Waals surface area contributed by atoms with Gasteiger partial charge in [-0.1, -0.05) is 12.1 Å². The number of hydrazine groups is 1. The Balaban J connectivity index is 2.12. The molecule has 0 aliphatic rings. The summed E-state index contributed by atoms with van der Waals surface area (Å²) in [5.74, 6) is 5.49. The van der Waals surface area contributed by atoms with Gasteiger partial charge in [-0.15, -0.1) is 0 Å². The van der Waals surface area contributed by atoms with Crippen LogP contribution in [0.15, 0.2) is 42.6 Å². The highest BCUT2D eigenvalue weighted by atomic mass is 16.6. The summed E-state index contributed by atoms with van der Waals surface area (Å²) in [5, 5.41) is 10.8. The normalized spacial score (nSPS) is 9.95. The summed E-state index contributed by atoms with van der Waals surface area (Å²) < 4.78 is 5.41. The van der Waals surface area contributed by atoms with Gasteiger partial charge in [-0.25, -0.2) is 0 Å². The van der Waals surface area contributed by atoms with E-state index in [0.717, 1.165) is 0 Å². The first-order valence-corrected chi connectivity index (χ1v) is 5.48. The first kappa shape index (κ1) is 12.8. The summed E-state index contributed by atoms with van der Waals surface area (Å²) >= 11 is 0. The fourth-order valence-corrected chi connectivity index (χ4v) is 1.53. The number of nitrogens with zero attached hydrogens (tertiary/aromatic N) is 2. The van der Waals surface area contributed by atoms with E-state index in [4.69, 9.17) is 10.6 Å². The van der Waals surface area contributed by atoms with Crippen molar-refractivity contribution in [3.05, 3.63) is 58.4 Å². The predicted octanol–water partition coefficient (Wildman–Crippen LogP) is 1.85. The minimum Gasteiger partial charge on any atom is -0.480 e. The highest BCUT2D eigenvalue weighted by Crippen LogP contribution is 2.26. The van der Waals surface area contributed by atoms with Crippen LogP contribution < -0.4 is 16.0 Å². The van der Waals surface area contributed by atoms with Crippen molar-refractivity contribution in [2.24, 2.45) is 5.84 Å². The van der Waals surface area contributed by atoms with E-state index in [9.17, 15) is 10.1 Å². The zero-order valence-electron chi connectivity index (χ0n) is 9.95. The Bertz CT molecular complexity index is 589. The van der Waals surface area contributed by atoms with Gasteiger partial charge >= 0.3 is 5.69 Å². The van der Waals surface area contributed by atoms with Gasteiger partial charge in [-0.2, -0.15) is 0 Å². The van der Waals surface area contributed by atoms with Crippen molar-refractivity contribution >= 4 is 11.4 Å². The third-order valence-electron chi connectivity index (χ3n) is 2.42. The lowest BCUT2D eigenvalue weighted by molar-refractivity contribution is -0.385. The average molecular weight is 260 g/mol. The number of nitrogens with one attached hydrogen (secondary N) is 1. The molecule has 1 aromatic carbocycles. The van der Waals surface area contributed by atoms with Gasteiger partial charge in [0.15, 0.2) is 5.75 Å². The van der Waals surface area contributed by atoms with Crippen LogP contribution in [0, 0.1) is 10.1 Å². The maximum atomic E-state index is 10.8. The van der Waals surface area contributed by atoms with E-state index in [0.29, 0.717) is 11.4 Å². The number of nitrogens with two attached hydrogens (primary N) is 1. The Labute approximate surface area is 109 Å². The summed E-state index contributed by atoms with van der Waals surface area (Å²) in [5.41, 5.74) is 3.73. The molecule has 1 aromatic heterocycles. The van der Waals surface area contributed by atoms with Crippen LogP contribution in [0.2, 0.25) is 0 Å². The summed E-state index contributed by atoms with van der Waals surface area (Å²) in [7, 11) is 0. The highest BCUT2D eigenvalue weighted by Gasteiger charge is 2.13. The van der Waals surface area contributed by atoms with E-state index in [1.54, 1.807) is 36.5 Å². The van der Waals surface area contributed by atoms with E-state index < -0.39 is 4.92 Å². The van der Waals surface area contributed by atoms with E-state index in [1.807, 2.05) is 0 Å². The van der Waals surface area contributed by atoms with Crippen molar-refractivity contribution in [1.82, 2.24) is 4.98 Å². The molecule has 7 nitrogen and oxygen atoms in total. The molecule has 0 fully saturated rings. The molecule has 0 atom stereocenters. The number of nitro benzene ring substituents is 1. The van der Waals surface area contributed by atoms with Crippen LogP contribution in [-0.4, -0.2) is 9.91 Å². The second-order valence-electron chi connectivity index (χ2n) is 3.69. The molecule has 0 spiro atoms. The van der Waals surface area contributed by atoms with Gasteiger partial charge in [0.25, 0.3) is 0 Å². The van der Waals surface area contributed by atoms with E-state index >= 15 is 0 Å². The highest BCUT2D eigenvalue weighted by molar-refractivity contribution is 5.46. The number of rotatable bonds is 5. The molecule has 3 N–H and O–H groups in total. The lowest BCUT2D eigenvalue weighted by Gasteiger charge is -2.07. The van der Waals surface area contributed by atoms with Gasteiger partial charge in [0, 0.05) is 12.3 Å². The molecule has 7 heteroatoms. The number of hydrogen-bond donors (Lipinski definition) is 2. The molecular weight excluding hydrogens is 248 g/mol. The molecule has 0 saturated heterocycles. The van der Waals surface area contributed by atoms with Gasteiger partial charge < -0.3 is 10.2 Å². The monoisotopic (exact) mass is 260 g/mol. The molecule has 0 aliphatic carbocycles. The molecule has 0 bridgehead atoms. The van der Waals surface area contributed by atoms with E-state index in [-0.39, 0.29) is 18.0 Å². The topological polar surface area (TPSA) is 103 Å². The number of nitrogen functional groups attached to an aromatic ring is 1. The summed E-state index contributed by atoms with van der Waals surface area (Å²) in [6, 6.07) is 9.60. The lowest BCUT2D eigenvalue weighted by Crippen LogP contribution is -2.08. The number of ether oxygens (including phenoxy) is 1. The van der Waals surface area contributed by atoms with Crippen molar-refractivity contribution in [3.8, 4) is 5.75 Å². The van der Waals surface area contributed by atoms with Crippen molar-refractivity contribution in [1.29, 1.82) is 0 Å². The standard InChI is InChI=1S/C12H12N4O3/c13-15-9-5-6-14-10(7-9)8-19-12-4-2-1-3-11(12)16(17)18/h1-7H,8,13H2,(H,14,15). The molecular formula is C12H12N4O3. The fourth-order valence-electron chi connectivity index (χ4n) is 1.53. The summed E-state index contributed by atoms with van der Waals surface area (Å²) in [4.78, 5) is 14.4. The van der Waals surface area contributed by atoms with Crippen LogP contribution in [0.25, 0.3) is 0 Å². The number of benzene rings is 1. The van der Waals surface area contributed by atoms with E-state index in [2.05, 4.69) is 10.4 Å². The molecule has 19 heavy (non-hydrogen) atoms. The van der Waals surface area contributed by atoms with Crippen LogP contribution >= 0.6 is 0 Å². The number of anilines is 1. The molecule has 0 radical (unpaired) electrons. The Morgan fingerprint density at radius 2 is 2.16 bits per heavy atom. The first-order chi connectivity index (χ1) is 9.20. The number of hydrogen-bond acceptors (Lipinski definition) is 6. The smallest absolute Gasteiger partial charge is 0.310 e. The molecule has 98 valence electrons. The Kier molecular flexibility index (Phi) is 3.89. The minimum atomic E-state index is -0.485. The van der Waals surface area contributed by atoms with Gasteiger partial charge in [-0.05, 0) is 18.2 Å². The molecule has 0 saturated carbocycles. The van der Waals surface area contributed by atoms with E-state index in [1.165, 1.54) is 6.07 Å². The van der Waals surface area contributed by atoms with Gasteiger partial charge in [0.2, 0.25) is 0 Å². The zero-order valence-corrected chi connectivity index (χ0v) is 9.95. The molecule has 2 rings (SSSR count). The largest absolute Gasteiger partial charge is 0.480 e. The second kappa shape index (κ2) is 5.78.